The summed E-state index contributed by atoms with van der Waals surface area (Å²) in [6, 6.07) is 13.4. The fraction of sp³-hybridized carbons (Fsp3) is 0.286. The van der Waals surface area contributed by atoms with Crippen LogP contribution < -0.4 is 10.6 Å². The van der Waals surface area contributed by atoms with Gasteiger partial charge in [0.25, 0.3) is 5.91 Å². The van der Waals surface area contributed by atoms with Crippen LogP contribution in [0, 0.1) is 0 Å². The van der Waals surface area contributed by atoms with Crippen molar-refractivity contribution in [3.05, 3.63) is 60.1 Å². The number of nitrogens with one attached hydrogen (secondary N) is 2. The maximum atomic E-state index is 12.4. The quantitative estimate of drug-likeness (QED) is 0.560. The van der Waals surface area contributed by atoms with E-state index in [2.05, 4.69) is 21.7 Å². The van der Waals surface area contributed by atoms with Crippen LogP contribution in [-0.4, -0.2) is 40.3 Å². The number of nitrogens with zero attached hydrogens (tertiary/aromatic N) is 3. The lowest BCUT2D eigenvalue weighted by Gasteiger charge is -2.05. The second-order valence-electron chi connectivity index (χ2n) is 7.08. The Morgan fingerprint density at radius 3 is 3.07 bits per heavy atom. The van der Waals surface area contributed by atoms with Crippen molar-refractivity contribution in [1.29, 1.82) is 0 Å². The Hall–Kier alpha value is -3.19. The molecule has 0 unspecified atom stereocenters. The molecule has 1 amide bonds. The fourth-order valence-corrected chi connectivity index (χ4v) is 3.84. The van der Waals surface area contributed by atoms with E-state index in [0.29, 0.717) is 30.4 Å². The number of para-hydroxylation sites is 1. The molecule has 4 aromatic rings. The summed E-state index contributed by atoms with van der Waals surface area (Å²) in [6.07, 6.45) is 2.87. The highest BCUT2D eigenvalue weighted by Crippen LogP contribution is 2.27. The molecular weight excluding hydrogens is 354 g/mol. The molecule has 7 heteroatoms. The third kappa shape index (κ3) is 3.03. The molecule has 0 radical (unpaired) electrons. The van der Waals surface area contributed by atoms with Crippen LogP contribution in [0.15, 0.2) is 53.1 Å². The van der Waals surface area contributed by atoms with Crippen molar-refractivity contribution in [2.24, 2.45) is 0 Å². The van der Waals surface area contributed by atoms with Crippen molar-refractivity contribution in [1.82, 2.24) is 25.4 Å². The molecule has 1 aliphatic rings. The van der Waals surface area contributed by atoms with Crippen LogP contribution in [0.5, 0.6) is 0 Å². The van der Waals surface area contributed by atoms with Gasteiger partial charge in [-0.1, -0.05) is 18.2 Å². The third-order valence-electron chi connectivity index (χ3n) is 5.24. The van der Waals surface area contributed by atoms with Gasteiger partial charge < -0.3 is 15.1 Å². The van der Waals surface area contributed by atoms with Gasteiger partial charge in [0.1, 0.15) is 5.58 Å². The minimum Gasteiger partial charge on any atom is -0.451 e. The normalized spacial score (nSPS) is 16.8. The first-order valence-electron chi connectivity index (χ1n) is 9.58. The van der Waals surface area contributed by atoms with Crippen molar-refractivity contribution < 1.29 is 9.21 Å². The summed E-state index contributed by atoms with van der Waals surface area (Å²) in [6.45, 7) is 2.97. The second kappa shape index (κ2) is 7.09. The number of carbonyl (C=O) groups is 1. The Morgan fingerprint density at radius 1 is 1.29 bits per heavy atom. The highest BCUT2D eigenvalue weighted by atomic mass is 16.3. The first-order valence-corrected chi connectivity index (χ1v) is 9.58. The number of rotatable bonds is 5. The first kappa shape index (κ1) is 16.9. The Kier molecular flexibility index (Phi) is 4.29. The molecule has 1 saturated heterocycles. The van der Waals surface area contributed by atoms with Crippen LogP contribution in [-0.2, 0) is 6.54 Å². The summed E-state index contributed by atoms with van der Waals surface area (Å²) in [7, 11) is 0. The zero-order valence-electron chi connectivity index (χ0n) is 15.4. The molecule has 0 saturated carbocycles. The number of hydrogen-bond donors (Lipinski definition) is 2. The van der Waals surface area contributed by atoms with Crippen LogP contribution in [0.2, 0.25) is 0 Å². The van der Waals surface area contributed by atoms with Gasteiger partial charge in [-0.25, -0.2) is 9.67 Å². The molecule has 0 spiro atoms. The zero-order chi connectivity index (χ0) is 18.9. The second-order valence-corrected chi connectivity index (χ2v) is 7.08. The Morgan fingerprint density at radius 2 is 2.21 bits per heavy atom. The van der Waals surface area contributed by atoms with E-state index in [1.54, 1.807) is 12.3 Å². The summed E-state index contributed by atoms with van der Waals surface area (Å²) in [5, 5.41) is 13.1. The highest BCUT2D eigenvalue weighted by Gasteiger charge is 2.23. The standard InChI is InChI=1S/C21H21N5O2/c27-21(18-12-14-4-1-2-6-17(14)28-18)24-10-11-26-20-16(5-3-8-23-20)19(25-26)15-7-9-22-13-15/h1-6,8,12,15,22H,7,9-11,13H2,(H,24,27)/t15-/m1/s1. The van der Waals surface area contributed by atoms with Gasteiger partial charge in [-0.2, -0.15) is 5.10 Å². The van der Waals surface area contributed by atoms with Gasteiger partial charge in [0.05, 0.1) is 12.2 Å². The van der Waals surface area contributed by atoms with E-state index in [0.717, 1.165) is 41.6 Å². The van der Waals surface area contributed by atoms with Gasteiger partial charge >= 0.3 is 0 Å². The van der Waals surface area contributed by atoms with E-state index in [4.69, 9.17) is 9.52 Å². The van der Waals surface area contributed by atoms with Crippen molar-refractivity contribution in [3.63, 3.8) is 0 Å². The van der Waals surface area contributed by atoms with Crippen molar-refractivity contribution in [2.45, 2.75) is 18.9 Å². The molecule has 3 aromatic heterocycles. The van der Waals surface area contributed by atoms with Crippen LogP contribution >= 0.6 is 0 Å². The molecule has 1 aromatic carbocycles. The molecule has 2 N–H and O–H groups in total. The minimum absolute atomic E-state index is 0.221. The van der Waals surface area contributed by atoms with E-state index in [1.807, 2.05) is 35.0 Å². The highest BCUT2D eigenvalue weighted by molar-refractivity contribution is 5.96. The monoisotopic (exact) mass is 375 g/mol. The average molecular weight is 375 g/mol. The summed E-state index contributed by atoms with van der Waals surface area (Å²) < 4.78 is 7.51. The summed E-state index contributed by atoms with van der Waals surface area (Å²) >= 11 is 0. The SMILES string of the molecule is O=C(NCCn1nc([C@@H]2CCNC2)c2cccnc21)c1cc2ccccc2o1. The largest absolute Gasteiger partial charge is 0.451 e. The maximum absolute atomic E-state index is 12.4. The van der Waals surface area contributed by atoms with Crippen LogP contribution in [0.3, 0.4) is 0 Å². The average Bonchev–Trinajstić information content (AvgIpc) is 3.46. The molecule has 0 bridgehead atoms. The van der Waals surface area contributed by atoms with Crippen molar-refractivity contribution >= 4 is 27.9 Å². The van der Waals surface area contributed by atoms with Gasteiger partial charge in [0.15, 0.2) is 11.4 Å². The minimum atomic E-state index is -0.221. The molecule has 7 nitrogen and oxygen atoms in total. The van der Waals surface area contributed by atoms with E-state index >= 15 is 0 Å². The molecule has 0 aliphatic carbocycles. The van der Waals surface area contributed by atoms with Crippen molar-refractivity contribution in [2.75, 3.05) is 19.6 Å². The van der Waals surface area contributed by atoms with E-state index in [1.165, 1.54) is 0 Å². The van der Waals surface area contributed by atoms with Gasteiger partial charge in [0, 0.05) is 36.0 Å². The van der Waals surface area contributed by atoms with Crippen LogP contribution in [0.4, 0.5) is 0 Å². The number of benzene rings is 1. The van der Waals surface area contributed by atoms with Gasteiger partial charge in [-0.15, -0.1) is 0 Å². The van der Waals surface area contributed by atoms with Gasteiger partial charge in [0.2, 0.25) is 0 Å². The molecule has 5 rings (SSSR count). The molecule has 1 fully saturated rings. The Bertz CT molecular complexity index is 1110. The summed E-state index contributed by atoms with van der Waals surface area (Å²) in [5.74, 6) is 0.515. The predicted molar refractivity (Wildman–Crippen MR) is 106 cm³/mol. The van der Waals surface area contributed by atoms with E-state index < -0.39 is 0 Å². The first-order chi connectivity index (χ1) is 13.8. The molecular formula is C21H21N5O2. The Balaban J connectivity index is 1.31. The summed E-state index contributed by atoms with van der Waals surface area (Å²) in [4.78, 5) is 16.9. The van der Waals surface area contributed by atoms with Gasteiger partial charge in [-0.3, -0.25) is 4.79 Å². The Labute approximate surface area is 161 Å². The molecule has 142 valence electrons. The van der Waals surface area contributed by atoms with Crippen molar-refractivity contribution in [3.8, 4) is 0 Å². The smallest absolute Gasteiger partial charge is 0.287 e. The van der Waals surface area contributed by atoms with E-state index in [9.17, 15) is 4.79 Å². The van der Waals surface area contributed by atoms with E-state index in [-0.39, 0.29) is 5.91 Å². The number of furan rings is 1. The summed E-state index contributed by atoms with van der Waals surface area (Å²) in [5.41, 5.74) is 2.67. The molecule has 1 atom stereocenters. The number of aromatic nitrogens is 3. The zero-order valence-corrected chi connectivity index (χ0v) is 15.4. The molecule has 28 heavy (non-hydrogen) atoms. The lowest BCUT2D eigenvalue weighted by Crippen LogP contribution is -2.27. The van der Waals surface area contributed by atoms with Crippen LogP contribution in [0.25, 0.3) is 22.0 Å². The molecule has 4 heterocycles. The lowest BCUT2D eigenvalue weighted by molar-refractivity contribution is 0.0926. The van der Waals surface area contributed by atoms with Gasteiger partial charge in [-0.05, 0) is 37.2 Å². The third-order valence-corrected chi connectivity index (χ3v) is 5.24. The predicted octanol–water partition coefficient (Wildman–Crippen LogP) is 2.68. The number of carbonyl (C=O) groups excluding carboxylic acids is 1. The number of amides is 1. The topological polar surface area (TPSA) is 85.0 Å². The lowest BCUT2D eigenvalue weighted by atomic mass is 10.0. The fourth-order valence-electron chi connectivity index (χ4n) is 3.84. The number of fused-ring (bicyclic) bond motifs is 2. The molecule has 1 aliphatic heterocycles. The number of pyridine rings is 1. The van der Waals surface area contributed by atoms with Crippen LogP contribution in [0.1, 0.15) is 28.6 Å². The maximum Gasteiger partial charge on any atom is 0.287 e. The number of hydrogen-bond acceptors (Lipinski definition) is 5.